The number of benzene rings is 2. The molecule has 2 heterocycles. The molecule has 1 aliphatic heterocycles. The number of hydrogen-bond donors (Lipinski definition) is 0. The molecule has 0 saturated heterocycles. The molecule has 1 aliphatic rings. The Kier molecular flexibility index (Phi) is 8.54. The summed E-state index contributed by atoms with van der Waals surface area (Å²) in [5, 5.41) is 2.70. The maximum atomic E-state index is 13.7. The van der Waals surface area contributed by atoms with Crippen LogP contribution in [0.3, 0.4) is 0 Å². The fraction of sp³-hybridized carbons (Fsp3) is 0.357. The summed E-state index contributed by atoms with van der Waals surface area (Å²) < 4.78 is 11.4. The highest BCUT2D eigenvalue weighted by atomic mass is 35.5. The van der Waals surface area contributed by atoms with Gasteiger partial charge in [-0.05, 0) is 79.2 Å². The second-order valence-corrected chi connectivity index (χ2v) is 10.3. The van der Waals surface area contributed by atoms with E-state index in [0.717, 1.165) is 18.4 Å². The summed E-state index contributed by atoms with van der Waals surface area (Å²) in [6, 6.07) is 16.0. The molecule has 4 rings (SSSR count). The highest BCUT2D eigenvalue weighted by Gasteiger charge is 2.34. The van der Waals surface area contributed by atoms with Crippen molar-refractivity contribution < 1.29 is 19.1 Å². The smallest absolute Gasteiger partial charge is 0.254 e. The zero-order valence-corrected chi connectivity index (χ0v) is 22.3. The minimum Gasteiger partial charge on any atom is -0.497 e. The minimum absolute atomic E-state index is 0.00195. The van der Waals surface area contributed by atoms with Crippen molar-refractivity contribution in [1.29, 1.82) is 0 Å². The minimum atomic E-state index is -0.228. The molecule has 2 aromatic carbocycles. The Morgan fingerprint density at radius 2 is 1.94 bits per heavy atom. The summed E-state index contributed by atoms with van der Waals surface area (Å²) in [6.07, 6.45) is 1.53. The predicted molar refractivity (Wildman–Crippen MR) is 143 cm³/mol. The molecule has 3 aromatic rings. The molecule has 2 amide bonds. The van der Waals surface area contributed by atoms with Crippen molar-refractivity contribution in [3.63, 3.8) is 0 Å². The van der Waals surface area contributed by atoms with Crippen LogP contribution in [0.1, 0.15) is 47.1 Å². The monoisotopic (exact) mass is 526 g/mol. The van der Waals surface area contributed by atoms with Gasteiger partial charge in [-0.25, -0.2) is 0 Å². The molecule has 0 aliphatic carbocycles. The van der Waals surface area contributed by atoms with Gasteiger partial charge in [-0.1, -0.05) is 24.6 Å². The zero-order chi connectivity index (χ0) is 25.7. The molecule has 6 nitrogen and oxygen atoms in total. The molecular weight excluding hydrogens is 496 g/mol. The maximum Gasteiger partial charge on any atom is 0.254 e. The van der Waals surface area contributed by atoms with Gasteiger partial charge in [0.25, 0.3) is 5.91 Å². The van der Waals surface area contributed by atoms with Gasteiger partial charge < -0.3 is 19.3 Å². The largest absolute Gasteiger partial charge is 0.497 e. The lowest BCUT2D eigenvalue weighted by Crippen LogP contribution is -2.49. The van der Waals surface area contributed by atoms with Gasteiger partial charge in [0.2, 0.25) is 5.91 Å². The average Bonchev–Trinajstić information content (AvgIpc) is 3.39. The number of amides is 2. The number of carbonyl (C=O) groups is 2. The molecule has 0 saturated carbocycles. The molecule has 0 radical (unpaired) electrons. The lowest BCUT2D eigenvalue weighted by molar-refractivity contribution is -0.136. The third-order valence-corrected chi connectivity index (χ3v) is 7.89. The number of rotatable bonds is 9. The van der Waals surface area contributed by atoms with E-state index in [4.69, 9.17) is 21.1 Å². The Bertz CT molecular complexity index is 1200. The molecular formula is C28H31ClN2O4S. The lowest BCUT2D eigenvalue weighted by Gasteiger charge is -2.38. The third-order valence-electron chi connectivity index (χ3n) is 6.64. The zero-order valence-electron chi connectivity index (χ0n) is 20.8. The number of carbonyl (C=O) groups excluding carboxylic acids is 2. The predicted octanol–water partition coefficient (Wildman–Crippen LogP) is 5.86. The van der Waals surface area contributed by atoms with Crippen molar-refractivity contribution in [3.8, 4) is 11.5 Å². The number of fused-ring (bicyclic) bond motifs is 1. The summed E-state index contributed by atoms with van der Waals surface area (Å²) in [5.74, 6) is 1.03. The highest BCUT2D eigenvalue weighted by molar-refractivity contribution is 7.10. The molecule has 36 heavy (non-hydrogen) atoms. The molecule has 2 unspecified atom stereocenters. The van der Waals surface area contributed by atoms with Crippen molar-refractivity contribution in [1.82, 2.24) is 9.80 Å². The van der Waals surface area contributed by atoms with E-state index in [1.54, 1.807) is 59.7 Å². The van der Waals surface area contributed by atoms with Gasteiger partial charge >= 0.3 is 0 Å². The molecule has 2 atom stereocenters. The maximum absolute atomic E-state index is 13.7. The number of thiophene rings is 1. The van der Waals surface area contributed by atoms with Gasteiger partial charge in [0.05, 0.1) is 13.2 Å². The van der Waals surface area contributed by atoms with Crippen molar-refractivity contribution in [2.45, 2.75) is 38.8 Å². The van der Waals surface area contributed by atoms with Crippen LogP contribution in [0, 0.1) is 0 Å². The van der Waals surface area contributed by atoms with Crippen LogP contribution < -0.4 is 9.47 Å². The van der Waals surface area contributed by atoms with Crippen LogP contribution in [0.5, 0.6) is 11.5 Å². The number of methoxy groups -OCH3 is 1. The quantitative estimate of drug-likeness (QED) is 0.350. The van der Waals surface area contributed by atoms with E-state index in [2.05, 4.69) is 11.4 Å². The van der Waals surface area contributed by atoms with Crippen molar-refractivity contribution in [2.24, 2.45) is 0 Å². The number of ether oxygens (including phenoxy) is 2. The SMILES string of the molecule is CCC(C)N(CC(=O)N1CCc2sccc2C1COc1ccc(Cl)cc1)C(=O)c1cccc(OC)c1. The first-order valence-electron chi connectivity index (χ1n) is 12.1. The van der Waals surface area contributed by atoms with Gasteiger partial charge in [-0.2, -0.15) is 0 Å². The fourth-order valence-corrected chi connectivity index (χ4v) is 5.44. The summed E-state index contributed by atoms with van der Waals surface area (Å²) in [4.78, 5) is 32.0. The second kappa shape index (κ2) is 11.8. The van der Waals surface area contributed by atoms with Gasteiger partial charge in [-0.3, -0.25) is 9.59 Å². The number of nitrogens with zero attached hydrogens (tertiary/aromatic N) is 2. The van der Waals surface area contributed by atoms with Gasteiger partial charge in [0.15, 0.2) is 0 Å². The van der Waals surface area contributed by atoms with Gasteiger partial charge in [0, 0.05) is 28.0 Å². The Morgan fingerprint density at radius 1 is 1.17 bits per heavy atom. The Morgan fingerprint density at radius 3 is 2.67 bits per heavy atom. The van der Waals surface area contributed by atoms with E-state index in [0.29, 0.717) is 35.2 Å². The first-order chi connectivity index (χ1) is 17.4. The van der Waals surface area contributed by atoms with Crippen LogP contribution in [-0.4, -0.2) is 54.5 Å². The van der Waals surface area contributed by atoms with Gasteiger partial charge in [-0.15, -0.1) is 11.3 Å². The average molecular weight is 527 g/mol. The third kappa shape index (κ3) is 5.85. The van der Waals surface area contributed by atoms with E-state index in [1.807, 2.05) is 30.9 Å². The number of hydrogen-bond acceptors (Lipinski definition) is 5. The molecule has 1 aromatic heterocycles. The van der Waals surface area contributed by atoms with Crippen LogP contribution in [0.25, 0.3) is 0 Å². The Labute approximate surface area is 221 Å². The van der Waals surface area contributed by atoms with Crippen LogP contribution in [-0.2, 0) is 11.2 Å². The number of halogens is 1. The van der Waals surface area contributed by atoms with Crippen LogP contribution in [0.15, 0.2) is 60.0 Å². The fourth-order valence-electron chi connectivity index (χ4n) is 4.39. The van der Waals surface area contributed by atoms with Crippen LogP contribution in [0.4, 0.5) is 0 Å². The van der Waals surface area contributed by atoms with E-state index < -0.39 is 0 Å². The summed E-state index contributed by atoms with van der Waals surface area (Å²) in [7, 11) is 1.57. The molecule has 0 spiro atoms. The van der Waals surface area contributed by atoms with E-state index in [9.17, 15) is 9.59 Å². The van der Waals surface area contributed by atoms with Crippen LogP contribution >= 0.6 is 22.9 Å². The second-order valence-electron chi connectivity index (χ2n) is 8.84. The normalized spacial score (nSPS) is 15.7. The lowest BCUT2D eigenvalue weighted by atomic mass is 10.00. The molecule has 190 valence electrons. The van der Waals surface area contributed by atoms with E-state index >= 15 is 0 Å². The van der Waals surface area contributed by atoms with E-state index in [-0.39, 0.29) is 30.4 Å². The van der Waals surface area contributed by atoms with Crippen molar-refractivity contribution in [2.75, 3.05) is 26.8 Å². The summed E-state index contributed by atoms with van der Waals surface area (Å²) in [5.41, 5.74) is 1.62. The first-order valence-corrected chi connectivity index (χ1v) is 13.4. The Hall–Kier alpha value is -3.03. The van der Waals surface area contributed by atoms with Crippen LogP contribution in [0.2, 0.25) is 5.02 Å². The molecule has 0 fully saturated rings. The van der Waals surface area contributed by atoms with Crippen molar-refractivity contribution in [3.05, 3.63) is 81.0 Å². The van der Waals surface area contributed by atoms with Crippen molar-refractivity contribution >= 4 is 34.8 Å². The van der Waals surface area contributed by atoms with Gasteiger partial charge in [0.1, 0.15) is 24.7 Å². The topological polar surface area (TPSA) is 59.1 Å². The standard InChI is InChI=1S/C28H31ClN2O4S/c1-4-19(2)31(28(33)20-6-5-7-23(16-20)34-3)17-27(32)30-14-12-26-24(13-15-36-26)25(30)18-35-22-10-8-21(29)9-11-22/h5-11,13,15-16,19,25H,4,12,14,17-18H2,1-3H3. The molecule has 0 N–H and O–H groups in total. The molecule has 8 heteroatoms. The Balaban J connectivity index is 1.54. The highest BCUT2D eigenvalue weighted by Crippen LogP contribution is 2.34. The first kappa shape index (κ1) is 26.0. The molecule has 0 bridgehead atoms. The summed E-state index contributed by atoms with van der Waals surface area (Å²) in [6.45, 7) is 4.90. The summed E-state index contributed by atoms with van der Waals surface area (Å²) >= 11 is 7.71. The van der Waals surface area contributed by atoms with E-state index in [1.165, 1.54) is 4.88 Å².